The number of amides is 1. The van der Waals surface area contributed by atoms with E-state index in [9.17, 15) is 13.2 Å². The zero-order valence-corrected chi connectivity index (χ0v) is 20.6. The molecule has 9 nitrogen and oxygen atoms in total. The third-order valence-electron chi connectivity index (χ3n) is 5.94. The van der Waals surface area contributed by atoms with E-state index in [0.29, 0.717) is 21.7 Å². The van der Waals surface area contributed by atoms with E-state index < -0.39 is 22.0 Å². The highest BCUT2D eigenvalue weighted by Crippen LogP contribution is 2.33. The SMILES string of the molecule is NC(=O)c1[nH]c2ccc(Cl)cc2c1S(=O)(=O)N1CCOC(COc2ccccc2-c2cccnc2)C1. The summed E-state index contributed by atoms with van der Waals surface area (Å²) in [6, 6.07) is 16.0. The van der Waals surface area contributed by atoms with Gasteiger partial charge in [0.05, 0.1) is 6.61 Å². The number of morpholine rings is 1. The van der Waals surface area contributed by atoms with Gasteiger partial charge in [0.2, 0.25) is 10.0 Å². The van der Waals surface area contributed by atoms with Crippen molar-refractivity contribution < 1.29 is 22.7 Å². The number of nitrogens with zero attached hydrogens (tertiary/aromatic N) is 2. The molecule has 0 bridgehead atoms. The molecule has 11 heteroatoms. The van der Waals surface area contributed by atoms with E-state index >= 15 is 0 Å². The van der Waals surface area contributed by atoms with Gasteiger partial charge >= 0.3 is 0 Å². The van der Waals surface area contributed by atoms with Gasteiger partial charge in [-0.15, -0.1) is 0 Å². The van der Waals surface area contributed by atoms with Gasteiger partial charge in [-0.1, -0.05) is 35.9 Å². The normalized spacial score (nSPS) is 16.8. The van der Waals surface area contributed by atoms with Crippen molar-refractivity contribution in [3.63, 3.8) is 0 Å². The van der Waals surface area contributed by atoms with E-state index in [2.05, 4.69) is 9.97 Å². The van der Waals surface area contributed by atoms with Crippen molar-refractivity contribution in [1.82, 2.24) is 14.3 Å². The fourth-order valence-electron chi connectivity index (χ4n) is 4.26. The molecule has 186 valence electrons. The van der Waals surface area contributed by atoms with Gasteiger partial charge in [-0.05, 0) is 30.3 Å². The van der Waals surface area contributed by atoms with Crippen LogP contribution in [0.3, 0.4) is 0 Å². The van der Waals surface area contributed by atoms with Gasteiger partial charge in [0.15, 0.2) is 0 Å². The quantitative estimate of drug-likeness (QED) is 0.379. The van der Waals surface area contributed by atoms with Crippen LogP contribution in [0.4, 0.5) is 0 Å². The zero-order chi connectivity index (χ0) is 25.3. The minimum Gasteiger partial charge on any atom is -0.490 e. The van der Waals surface area contributed by atoms with Gasteiger partial charge in [0.1, 0.15) is 29.0 Å². The minimum atomic E-state index is -4.11. The number of hydrogen-bond donors (Lipinski definition) is 2. The Balaban J connectivity index is 1.38. The predicted octanol–water partition coefficient (Wildman–Crippen LogP) is 3.45. The van der Waals surface area contributed by atoms with E-state index in [1.165, 1.54) is 10.4 Å². The first kappa shape index (κ1) is 24.3. The number of hydrogen-bond acceptors (Lipinski definition) is 6. The number of fused-ring (bicyclic) bond motifs is 1. The Hall–Kier alpha value is -3.44. The van der Waals surface area contributed by atoms with Crippen LogP contribution in [0.1, 0.15) is 10.5 Å². The Labute approximate surface area is 212 Å². The summed E-state index contributed by atoms with van der Waals surface area (Å²) in [5.41, 5.74) is 7.55. The number of carbonyl (C=O) groups excluding carboxylic acids is 1. The van der Waals surface area contributed by atoms with Gasteiger partial charge in [0.25, 0.3) is 5.91 Å². The number of benzene rings is 2. The summed E-state index contributed by atoms with van der Waals surface area (Å²) in [4.78, 5) is 18.9. The van der Waals surface area contributed by atoms with Crippen LogP contribution in [-0.4, -0.2) is 61.0 Å². The van der Waals surface area contributed by atoms with E-state index in [1.54, 1.807) is 24.5 Å². The molecule has 1 aliphatic rings. The van der Waals surface area contributed by atoms with Crippen LogP contribution in [0.15, 0.2) is 71.9 Å². The molecular weight excluding hydrogens is 504 g/mol. The smallest absolute Gasteiger partial charge is 0.266 e. The Kier molecular flexibility index (Phi) is 6.67. The lowest BCUT2D eigenvalue weighted by Crippen LogP contribution is -2.47. The fourth-order valence-corrected chi connectivity index (χ4v) is 6.22. The molecular formula is C25H23ClN4O5S. The maximum Gasteiger partial charge on any atom is 0.266 e. The standard InChI is InChI=1S/C25H23ClN4O5S/c26-17-7-8-21-20(12-17)24(23(29-21)25(27)31)36(32,33)30-10-11-34-18(14-30)15-35-22-6-2-1-5-19(22)16-4-3-9-28-13-16/h1-9,12-13,18,29H,10-11,14-15H2,(H2,27,31). The first-order chi connectivity index (χ1) is 17.3. The molecule has 1 fully saturated rings. The second-order valence-electron chi connectivity index (χ2n) is 8.29. The second kappa shape index (κ2) is 9.90. The molecule has 1 amide bonds. The largest absolute Gasteiger partial charge is 0.490 e. The van der Waals surface area contributed by atoms with Gasteiger partial charge in [-0.3, -0.25) is 9.78 Å². The van der Waals surface area contributed by atoms with Crippen molar-refractivity contribution in [2.45, 2.75) is 11.0 Å². The Morgan fingerprint density at radius 1 is 1.22 bits per heavy atom. The monoisotopic (exact) mass is 526 g/mol. The van der Waals surface area contributed by atoms with Crippen LogP contribution >= 0.6 is 11.6 Å². The number of H-pyrrole nitrogens is 1. The Morgan fingerprint density at radius 2 is 2.06 bits per heavy atom. The van der Waals surface area contributed by atoms with E-state index in [4.69, 9.17) is 26.8 Å². The predicted molar refractivity (Wildman–Crippen MR) is 135 cm³/mol. The molecule has 2 aromatic heterocycles. The number of nitrogens with two attached hydrogens (primary N) is 1. The van der Waals surface area contributed by atoms with Crippen molar-refractivity contribution in [2.75, 3.05) is 26.3 Å². The highest BCUT2D eigenvalue weighted by Gasteiger charge is 2.36. The molecule has 0 spiro atoms. The van der Waals surface area contributed by atoms with Crippen LogP contribution in [0.5, 0.6) is 5.75 Å². The number of ether oxygens (including phenoxy) is 2. The van der Waals surface area contributed by atoms with Gasteiger partial charge in [-0.25, -0.2) is 8.42 Å². The maximum atomic E-state index is 13.7. The van der Waals surface area contributed by atoms with E-state index in [-0.39, 0.29) is 36.9 Å². The second-order valence-corrected chi connectivity index (χ2v) is 10.6. The van der Waals surface area contributed by atoms with Crippen LogP contribution < -0.4 is 10.5 Å². The molecule has 36 heavy (non-hydrogen) atoms. The van der Waals surface area contributed by atoms with Gasteiger partial charge in [-0.2, -0.15) is 4.31 Å². The zero-order valence-electron chi connectivity index (χ0n) is 19.1. The third-order valence-corrected chi connectivity index (χ3v) is 8.13. The number of carbonyl (C=O) groups is 1. The first-order valence-corrected chi connectivity index (χ1v) is 13.0. The Morgan fingerprint density at radius 3 is 2.83 bits per heavy atom. The average molecular weight is 527 g/mol. The number of sulfonamides is 1. The lowest BCUT2D eigenvalue weighted by Gasteiger charge is -2.32. The van der Waals surface area contributed by atoms with E-state index in [1.807, 2.05) is 36.4 Å². The lowest BCUT2D eigenvalue weighted by molar-refractivity contribution is -0.0248. The first-order valence-electron chi connectivity index (χ1n) is 11.2. The molecule has 1 saturated heterocycles. The number of aromatic amines is 1. The number of nitrogens with one attached hydrogen (secondary N) is 1. The number of para-hydroxylation sites is 1. The fraction of sp³-hybridized carbons (Fsp3) is 0.200. The van der Waals surface area contributed by atoms with Gasteiger partial charge < -0.3 is 20.2 Å². The van der Waals surface area contributed by atoms with Crippen molar-refractivity contribution in [3.05, 3.63) is 77.7 Å². The number of primary amides is 1. The third kappa shape index (κ3) is 4.68. The number of aromatic nitrogens is 2. The van der Waals surface area contributed by atoms with Crippen LogP contribution in [0, 0.1) is 0 Å². The molecule has 1 unspecified atom stereocenters. The molecule has 5 rings (SSSR count). The molecule has 2 aromatic carbocycles. The van der Waals surface area contributed by atoms with Crippen molar-refractivity contribution in [1.29, 1.82) is 0 Å². The molecule has 3 N–H and O–H groups in total. The molecule has 0 aliphatic carbocycles. The average Bonchev–Trinajstić information content (AvgIpc) is 3.28. The van der Waals surface area contributed by atoms with Crippen molar-refractivity contribution >= 4 is 38.4 Å². The number of pyridine rings is 1. The molecule has 1 atom stereocenters. The summed E-state index contributed by atoms with van der Waals surface area (Å²) < 4.78 is 40.6. The molecule has 0 saturated carbocycles. The summed E-state index contributed by atoms with van der Waals surface area (Å²) in [5.74, 6) is -0.239. The van der Waals surface area contributed by atoms with Crippen LogP contribution in [-0.2, 0) is 14.8 Å². The summed E-state index contributed by atoms with van der Waals surface area (Å²) in [6.45, 7) is 0.470. The molecule has 0 radical (unpaired) electrons. The summed E-state index contributed by atoms with van der Waals surface area (Å²) >= 11 is 6.12. The number of halogens is 1. The highest BCUT2D eigenvalue weighted by atomic mass is 35.5. The lowest BCUT2D eigenvalue weighted by atomic mass is 10.1. The summed E-state index contributed by atoms with van der Waals surface area (Å²) in [7, 11) is -4.11. The molecule has 1 aliphatic heterocycles. The minimum absolute atomic E-state index is 0.0445. The van der Waals surface area contributed by atoms with Crippen LogP contribution in [0.25, 0.3) is 22.0 Å². The highest BCUT2D eigenvalue weighted by molar-refractivity contribution is 7.89. The van der Waals surface area contributed by atoms with Gasteiger partial charge in [0, 0.05) is 52.5 Å². The van der Waals surface area contributed by atoms with Crippen molar-refractivity contribution in [3.8, 4) is 16.9 Å². The summed E-state index contributed by atoms with van der Waals surface area (Å²) in [5, 5.41) is 0.649. The topological polar surface area (TPSA) is 128 Å². The van der Waals surface area contributed by atoms with Crippen molar-refractivity contribution in [2.24, 2.45) is 5.73 Å². The number of rotatable bonds is 7. The Bertz CT molecular complexity index is 1520. The molecule has 3 heterocycles. The molecule has 4 aromatic rings. The van der Waals surface area contributed by atoms with E-state index in [0.717, 1.165) is 11.1 Å². The maximum absolute atomic E-state index is 13.7. The summed E-state index contributed by atoms with van der Waals surface area (Å²) in [6.07, 6.45) is 2.92. The van der Waals surface area contributed by atoms with Crippen LogP contribution in [0.2, 0.25) is 5.02 Å².